The van der Waals surface area contributed by atoms with Gasteiger partial charge in [0, 0.05) is 23.6 Å². The lowest BCUT2D eigenvalue weighted by Crippen LogP contribution is -2.32. The fourth-order valence-corrected chi connectivity index (χ4v) is 6.51. The molecule has 0 radical (unpaired) electrons. The van der Waals surface area contributed by atoms with E-state index in [1.807, 2.05) is 29.0 Å². The van der Waals surface area contributed by atoms with Crippen molar-refractivity contribution in [1.82, 2.24) is 24.8 Å². The van der Waals surface area contributed by atoms with Gasteiger partial charge in [-0.05, 0) is 43.3 Å². The maximum atomic E-state index is 11.0. The van der Waals surface area contributed by atoms with Crippen molar-refractivity contribution in [3.63, 3.8) is 0 Å². The van der Waals surface area contributed by atoms with Crippen LogP contribution < -0.4 is 11.1 Å². The van der Waals surface area contributed by atoms with Crippen molar-refractivity contribution in [3.05, 3.63) is 59.5 Å². The molecule has 0 unspecified atom stereocenters. The highest BCUT2D eigenvalue weighted by Crippen LogP contribution is 2.44. The summed E-state index contributed by atoms with van der Waals surface area (Å²) in [6, 6.07) is 9.99. The van der Waals surface area contributed by atoms with E-state index in [1.165, 1.54) is 11.9 Å². The molecule has 6 rings (SSSR count). The standard InChI is InChI=1S/C25H28N6O2S/c26-23-20-18(25-30-16(12-34-25)8-14-4-2-1-3-5-14)11-31(24(20)29-13-28-23)19-9-17(21(32)22(19)33)15-6-7-27-10-15/h1-5,11-13,15,17,19,21-22,27,32-33H,6-10H2,(H2,26,28,29)/t15-,17+,19+,21+,22-/m0/s1. The van der Waals surface area contributed by atoms with Crippen LogP contribution in [0.5, 0.6) is 0 Å². The van der Waals surface area contributed by atoms with Crippen LogP contribution in [0.15, 0.2) is 48.2 Å². The summed E-state index contributed by atoms with van der Waals surface area (Å²) in [5.41, 5.74) is 10.1. The highest BCUT2D eigenvalue weighted by molar-refractivity contribution is 7.13. The van der Waals surface area contributed by atoms with Crippen molar-refractivity contribution in [3.8, 4) is 10.6 Å². The number of aromatic nitrogens is 4. The van der Waals surface area contributed by atoms with Crippen LogP contribution in [0.25, 0.3) is 21.6 Å². The van der Waals surface area contributed by atoms with Gasteiger partial charge in [0.05, 0.1) is 23.2 Å². The molecule has 3 aromatic heterocycles. The van der Waals surface area contributed by atoms with E-state index in [4.69, 9.17) is 10.7 Å². The molecule has 9 heteroatoms. The number of nitrogen functional groups attached to an aromatic ring is 1. The highest BCUT2D eigenvalue weighted by Gasteiger charge is 2.46. The molecule has 1 saturated heterocycles. The summed E-state index contributed by atoms with van der Waals surface area (Å²) in [7, 11) is 0. The third kappa shape index (κ3) is 3.69. The number of nitrogens with two attached hydrogens (primary N) is 1. The molecule has 1 aromatic carbocycles. The van der Waals surface area contributed by atoms with E-state index in [1.54, 1.807) is 11.3 Å². The highest BCUT2D eigenvalue weighted by atomic mass is 32.1. The molecule has 1 saturated carbocycles. The number of anilines is 1. The first-order valence-corrected chi connectivity index (χ1v) is 12.6. The molecule has 4 heterocycles. The van der Waals surface area contributed by atoms with Crippen molar-refractivity contribution in [1.29, 1.82) is 0 Å². The first kappa shape index (κ1) is 21.7. The molecular weight excluding hydrogens is 448 g/mol. The van der Waals surface area contributed by atoms with Gasteiger partial charge in [0.2, 0.25) is 0 Å². The van der Waals surface area contributed by atoms with Gasteiger partial charge in [0.1, 0.15) is 28.9 Å². The molecule has 1 aliphatic carbocycles. The third-order valence-electron chi connectivity index (χ3n) is 7.41. The van der Waals surface area contributed by atoms with Gasteiger partial charge in [0.25, 0.3) is 0 Å². The summed E-state index contributed by atoms with van der Waals surface area (Å²) in [4.78, 5) is 13.7. The molecule has 1 aliphatic heterocycles. The molecule has 5 atom stereocenters. The van der Waals surface area contributed by atoms with Crippen molar-refractivity contribution in [2.24, 2.45) is 11.8 Å². The van der Waals surface area contributed by atoms with Crippen LogP contribution in [0.4, 0.5) is 5.82 Å². The van der Waals surface area contributed by atoms with E-state index in [-0.39, 0.29) is 12.0 Å². The predicted octanol–water partition coefficient (Wildman–Crippen LogP) is 2.62. The monoisotopic (exact) mass is 476 g/mol. The van der Waals surface area contributed by atoms with Crippen molar-refractivity contribution in [2.45, 2.75) is 37.5 Å². The van der Waals surface area contributed by atoms with Gasteiger partial charge in [0.15, 0.2) is 0 Å². The third-order valence-corrected chi connectivity index (χ3v) is 8.33. The molecule has 0 amide bonds. The smallest absolute Gasteiger partial charge is 0.146 e. The lowest BCUT2D eigenvalue weighted by Gasteiger charge is -2.21. The van der Waals surface area contributed by atoms with Gasteiger partial charge in [-0.2, -0.15) is 0 Å². The van der Waals surface area contributed by atoms with Crippen LogP contribution in [0.1, 0.15) is 30.1 Å². The summed E-state index contributed by atoms with van der Waals surface area (Å²) < 4.78 is 1.98. The predicted molar refractivity (Wildman–Crippen MR) is 132 cm³/mol. The first-order valence-electron chi connectivity index (χ1n) is 11.8. The Bertz CT molecular complexity index is 1300. The normalized spacial score (nSPS) is 27.1. The Balaban J connectivity index is 1.37. The number of thiazole rings is 1. The Morgan fingerprint density at radius 1 is 1.15 bits per heavy atom. The second-order valence-corrected chi connectivity index (χ2v) is 10.3. The number of hydrogen-bond acceptors (Lipinski definition) is 8. The van der Waals surface area contributed by atoms with E-state index in [9.17, 15) is 10.2 Å². The molecule has 5 N–H and O–H groups in total. The van der Waals surface area contributed by atoms with Gasteiger partial charge in [-0.25, -0.2) is 15.0 Å². The Morgan fingerprint density at radius 3 is 2.79 bits per heavy atom. The number of fused-ring (bicyclic) bond motifs is 1. The zero-order valence-corrected chi connectivity index (χ0v) is 19.5. The molecule has 34 heavy (non-hydrogen) atoms. The average Bonchev–Trinajstić information content (AvgIpc) is 3.63. The lowest BCUT2D eigenvalue weighted by atomic mass is 9.88. The number of benzene rings is 1. The van der Waals surface area contributed by atoms with Crippen LogP contribution in [-0.4, -0.2) is 55.0 Å². The van der Waals surface area contributed by atoms with Gasteiger partial charge < -0.3 is 25.8 Å². The van der Waals surface area contributed by atoms with Gasteiger partial charge in [-0.3, -0.25) is 0 Å². The zero-order chi connectivity index (χ0) is 23.2. The van der Waals surface area contributed by atoms with Crippen LogP contribution in [0, 0.1) is 11.8 Å². The number of hydrogen-bond donors (Lipinski definition) is 4. The number of rotatable bonds is 5. The Labute approximate surface area is 201 Å². The number of aliphatic hydroxyl groups excluding tert-OH is 2. The number of aliphatic hydroxyl groups is 2. The second-order valence-electron chi connectivity index (χ2n) is 9.41. The van der Waals surface area contributed by atoms with E-state index in [0.29, 0.717) is 23.8 Å². The minimum absolute atomic E-state index is 0.0485. The summed E-state index contributed by atoms with van der Waals surface area (Å²) >= 11 is 1.57. The molecule has 176 valence electrons. The average molecular weight is 477 g/mol. The lowest BCUT2D eigenvalue weighted by molar-refractivity contribution is -0.00279. The molecular formula is C25H28N6O2S. The fourth-order valence-electron chi connectivity index (χ4n) is 5.67. The Morgan fingerprint density at radius 2 is 2.00 bits per heavy atom. The van der Waals surface area contributed by atoms with Crippen molar-refractivity contribution < 1.29 is 10.2 Å². The van der Waals surface area contributed by atoms with Crippen LogP contribution in [-0.2, 0) is 6.42 Å². The van der Waals surface area contributed by atoms with E-state index >= 15 is 0 Å². The quantitative estimate of drug-likeness (QED) is 0.349. The fraction of sp³-hybridized carbons (Fsp3) is 0.400. The SMILES string of the molecule is Nc1ncnc2c1c(-c1nc(Cc3ccccc3)cs1)cn2[C@@H]1C[C@H]([C@H]2CCNC2)[C@@H](O)[C@H]1O. The van der Waals surface area contributed by atoms with E-state index in [2.05, 4.69) is 32.8 Å². The van der Waals surface area contributed by atoms with Gasteiger partial charge in [-0.15, -0.1) is 11.3 Å². The maximum Gasteiger partial charge on any atom is 0.146 e. The van der Waals surface area contributed by atoms with Crippen LogP contribution in [0.2, 0.25) is 0 Å². The number of nitrogens with zero attached hydrogens (tertiary/aromatic N) is 4. The van der Waals surface area contributed by atoms with Gasteiger partial charge >= 0.3 is 0 Å². The largest absolute Gasteiger partial charge is 0.390 e. The molecule has 8 nitrogen and oxygen atoms in total. The molecule has 4 aromatic rings. The summed E-state index contributed by atoms with van der Waals surface area (Å²) in [5, 5.41) is 29.0. The zero-order valence-electron chi connectivity index (χ0n) is 18.7. The molecule has 2 aliphatic rings. The number of nitrogens with one attached hydrogen (secondary N) is 1. The van der Waals surface area contributed by atoms with Gasteiger partial charge in [-0.1, -0.05) is 30.3 Å². The first-order chi connectivity index (χ1) is 16.6. The summed E-state index contributed by atoms with van der Waals surface area (Å²) in [5.74, 6) is 0.811. The summed E-state index contributed by atoms with van der Waals surface area (Å²) in [6.45, 7) is 1.85. The van der Waals surface area contributed by atoms with E-state index < -0.39 is 12.2 Å². The Kier molecular flexibility index (Phi) is 5.57. The van der Waals surface area contributed by atoms with Crippen molar-refractivity contribution >= 4 is 28.2 Å². The van der Waals surface area contributed by atoms with E-state index in [0.717, 1.165) is 47.6 Å². The second kappa shape index (κ2) is 8.74. The van der Waals surface area contributed by atoms with Crippen molar-refractivity contribution in [2.75, 3.05) is 18.8 Å². The molecule has 2 fully saturated rings. The maximum absolute atomic E-state index is 11.0. The van der Waals surface area contributed by atoms with Crippen LogP contribution in [0.3, 0.4) is 0 Å². The minimum atomic E-state index is -0.866. The Hall–Kier alpha value is -2.85. The topological polar surface area (TPSA) is 122 Å². The van der Waals surface area contributed by atoms with Crippen LogP contribution >= 0.6 is 11.3 Å². The molecule has 0 bridgehead atoms. The summed E-state index contributed by atoms with van der Waals surface area (Å²) in [6.07, 6.45) is 4.29. The molecule has 0 spiro atoms. The minimum Gasteiger partial charge on any atom is -0.390 e.